The van der Waals surface area contributed by atoms with Crippen LogP contribution in [0.5, 0.6) is 0 Å². The zero-order valence-electron chi connectivity index (χ0n) is 22.5. The summed E-state index contributed by atoms with van der Waals surface area (Å²) in [4.78, 5) is 47.5. The van der Waals surface area contributed by atoms with E-state index < -0.39 is 22.0 Å². The minimum absolute atomic E-state index is 0.117. The first-order valence-electron chi connectivity index (χ1n) is 13.2. The van der Waals surface area contributed by atoms with Crippen LogP contribution in [0, 0.1) is 6.92 Å². The van der Waals surface area contributed by atoms with Gasteiger partial charge in [0, 0.05) is 48.6 Å². The zero-order valence-corrected chi connectivity index (χ0v) is 24.2. The van der Waals surface area contributed by atoms with Gasteiger partial charge in [0.1, 0.15) is 10.9 Å². The summed E-state index contributed by atoms with van der Waals surface area (Å²) < 4.78 is 30.4. The molecular weight excluding hydrogens is 552 g/mol. The molecule has 0 spiro atoms. The average molecular weight is 587 g/mol. The van der Waals surface area contributed by atoms with Gasteiger partial charge in [0.2, 0.25) is 27.7 Å². The molecule has 0 unspecified atom stereocenters. The van der Waals surface area contributed by atoms with E-state index in [9.17, 15) is 22.8 Å². The molecule has 11 nitrogen and oxygen atoms in total. The average Bonchev–Trinajstić information content (AvgIpc) is 3.56. The summed E-state index contributed by atoms with van der Waals surface area (Å²) in [6.07, 6.45) is 3.21. The first-order valence-corrected chi connectivity index (χ1v) is 15.6. The van der Waals surface area contributed by atoms with Crippen molar-refractivity contribution in [2.75, 3.05) is 25.0 Å². The number of aromatic nitrogens is 2. The number of para-hydroxylation sites is 1. The highest BCUT2D eigenvalue weighted by Crippen LogP contribution is 2.36. The number of benzene rings is 1. The van der Waals surface area contributed by atoms with Gasteiger partial charge in [0.05, 0.1) is 17.7 Å². The Labute approximate surface area is 237 Å². The molecule has 3 amide bonds. The summed E-state index contributed by atoms with van der Waals surface area (Å²) in [7, 11) is -4.27. The Morgan fingerprint density at radius 3 is 2.73 bits per heavy atom. The van der Waals surface area contributed by atoms with E-state index >= 15 is 0 Å². The van der Waals surface area contributed by atoms with Gasteiger partial charge in [-0.25, -0.2) is 13.4 Å². The van der Waals surface area contributed by atoms with Crippen LogP contribution in [0.15, 0.2) is 46.9 Å². The lowest BCUT2D eigenvalue weighted by atomic mass is 10.1. The number of aryl methyl sites for hydroxylation is 2. The topological polar surface area (TPSA) is 153 Å². The Kier molecular flexibility index (Phi) is 9.71. The summed E-state index contributed by atoms with van der Waals surface area (Å²) >= 11 is 1.43. The van der Waals surface area contributed by atoms with Crippen LogP contribution >= 0.6 is 11.3 Å². The van der Waals surface area contributed by atoms with E-state index in [1.807, 2.05) is 24.4 Å². The Morgan fingerprint density at radius 1 is 1.20 bits per heavy atom. The second-order valence-corrected chi connectivity index (χ2v) is 12.2. The van der Waals surface area contributed by atoms with Crippen LogP contribution in [-0.4, -0.2) is 66.7 Å². The number of carbonyl (C=O) groups is 3. The number of hydrogen-bond acceptors (Lipinski definition) is 7. The van der Waals surface area contributed by atoms with Crippen molar-refractivity contribution in [3.05, 3.63) is 53.4 Å². The SMILES string of the molecule is CCC(=O)Nc1c(-c2cccs2)cccc1S(=O)(=O)N[C@@H](CCCc1nc[nH]c1C)C(=O)N1CCNC(=O)CC1. The number of nitrogens with one attached hydrogen (secondary N) is 4. The molecule has 3 aromatic rings. The van der Waals surface area contributed by atoms with Crippen molar-refractivity contribution >= 4 is 44.8 Å². The molecule has 214 valence electrons. The highest BCUT2D eigenvalue weighted by molar-refractivity contribution is 7.89. The lowest BCUT2D eigenvalue weighted by molar-refractivity contribution is -0.133. The van der Waals surface area contributed by atoms with E-state index in [4.69, 9.17) is 0 Å². The van der Waals surface area contributed by atoms with Crippen LogP contribution in [0.4, 0.5) is 5.69 Å². The van der Waals surface area contributed by atoms with Crippen molar-refractivity contribution in [3.8, 4) is 10.4 Å². The van der Waals surface area contributed by atoms with Gasteiger partial charge in [-0.05, 0) is 43.7 Å². The third-order valence-electron chi connectivity index (χ3n) is 6.75. The van der Waals surface area contributed by atoms with Gasteiger partial charge in [0.25, 0.3) is 0 Å². The molecule has 3 heterocycles. The molecule has 1 aromatic carbocycles. The molecule has 0 aliphatic carbocycles. The van der Waals surface area contributed by atoms with E-state index in [0.717, 1.165) is 16.3 Å². The van der Waals surface area contributed by atoms with Crippen molar-refractivity contribution in [3.63, 3.8) is 0 Å². The fourth-order valence-corrected chi connectivity index (χ4v) is 6.72. The van der Waals surface area contributed by atoms with Crippen LogP contribution in [-0.2, 0) is 30.8 Å². The molecule has 4 N–H and O–H groups in total. The molecule has 2 aromatic heterocycles. The first-order chi connectivity index (χ1) is 19.2. The van der Waals surface area contributed by atoms with Crippen LogP contribution in [0.25, 0.3) is 10.4 Å². The summed E-state index contributed by atoms with van der Waals surface area (Å²) in [5.74, 6) is -0.875. The quantitative estimate of drug-likeness (QED) is 0.271. The van der Waals surface area contributed by atoms with E-state index in [2.05, 4.69) is 25.3 Å². The number of carbonyl (C=O) groups excluding carboxylic acids is 3. The fraction of sp³-hybridized carbons (Fsp3) is 0.407. The van der Waals surface area contributed by atoms with Crippen LogP contribution in [0.3, 0.4) is 0 Å². The number of aromatic amines is 1. The molecule has 0 radical (unpaired) electrons. The third-order valence-corrected chi connectivity index (χ3v) is 9.17. The molecule has 40 heavy (non-hydrogen) atoms. The Balaban J connectivity index is 1.65. The summed E-state index contributed by atoms with van der Waals surface area (Å²) in [6.45, 7) is 4.38. The van der Waals surface area contributed by atoms with Crippen LogP contribution in [0.2, 0.25) is 0 Å². The maximum absolute atomic E-state index is 13.9. The van der Waals surface area contributed by atoms with Crippen LogP contribution < -0.4 is 15.4 Å². The van der Waals surface area contributed by atoms with Crippen LogP contribution in [0.1, 0.15) is 44.0 Å². The molecule has 1 saturated heterocycles. The number of sulfonamides is 1. The predicted octanol–water partition coefficient (Wildman–Crippen LogP) is 2.81. The second kappa shape index (κ2) is 13.2. The molecule has 0 bridgehead atoms. The van der Waals surface area contributed by atoms with Gasteiger partial charge >= 0.3 is 0 Å². The molecule has 0 saturated carbocycles. The van der Waals surface area contributed by atoms with Gasteiger partial charge in [-0.3, -0.25) is 14.4 Å². The standard InChI is InChI=1S/C27H34N6O5S2/c1-3-24(34)31-26-19(22-10-6-16-39-22)7-4-11-23(26)40(37,38)32-21(9-5-8-20-18(2)29-17-30-20)27(36)33-14-12-25(35)28-13-15-33/h4,6-7,10-11,16-17,21,32H,3,5,8-9,12-15H2,1-2H3,(H,28,35)(H,29,30)(H,31,34)/t21-/m0/s1. The summed E-state index contributed by atoms with van der Waals surface area (Å²) in [5, 5.41) is 7.38. The van der Waals surface area contributed by atoms with Gasteiger partial charge < -0.3 is 20.5 Å². The molecule has 1 aliphatic heterocycles. The smallest absolute Gasteiger partial charge is 0.243 e. The monoisotopic (exact) mass is 586 g/mol. The Morgan fingerprint density at radius 2 is 2.02 bits per heavy atom. The van der Waals surface area contributed by atoms with E-state index in [1.165, 1.54) is 22.3 Å². The van der Waals surface area contributed by atoms with Crippen molar-refractivity contribution in [1.82, 2.24) is 24.9 Å². The van der Waals surface area contributed by atoms with Crippen molar-refractivity contribution < 1.29 is 22.8 Å². The largest absolute Gasteiger partial charge is 0.354 e. The number of hydrogen-bond donors (Lipinski definition) is 4. The number of amides is 3. The van der Waals surface area contributed by atoms with E-state index in [1.54, 1.807) is 25.4 Å². The van der Waals surface area contributed by atoms with Gasteiger partial charge in [-0.1, -0.05) is 25.1 Å². The molecule has 4 rings (SSSR count). The minimum atomic E-state index is -4.27. The lowest BCUT2D eigenvalue weighted by Gasteiger charge is -2.27. The van der Waals surface area contributed by atoms with Crippen molar-refractivity contribution in [2.45, 2.75) is 56.9 Å². The number of rotatable bonds is 11. The number of thiophene rings is 1. The predicted molar refractivity (Wildman–Crippen MR) is 153 cm³/mol. The van der Waals surface area contributed by atoms with Gasteiger partial charge in [-0.2, -0.15) is 4.72 Å². The minimum Gasteiger partial charge on any atom is -0.354 e. The Hall–Kier alpha value is -3.55. The van der Waals surface area contributed by atoms with Gasteiger partial charge in [0.15, 0.2) is 0 Å². The normalized spacial score (nSPS) is 14.8. The van der Waals surface area contributed by atoms with Gasteiger partial charge in [-0.15, -0.1) is 11.3 Å². The highest BCUT2D eigenvalue weighted by atomic mass is 32.2. The molecule has 1 atom stereocenters. The summed E-state index contributed by atoms with van der Waals surface area (Å²) in [5.41, 5.74) is 2.52. The number of nitrogens with zero attached hydrogens (tertiary/aromatic N) is 2. The Bertz CT molecular complexity index is 1450. The van der Waals surface area contributed by atoms with Crippen molar-refractivity contribution in [2.24, 2.45) is 0 Å². The molecule has 13 heteroatoms. The number of H-pyrrole nitrogens is 1. The molecule has 1 fully saturated rings. The van der Waals surface area contributed by atoms with E-state index in [0.29, 0.717) is 24.9 Å². The fourth-order valence-electron chi connectivity index (χ4n) is 4.55. The number of anilines is 1. The molecule has 1 aliphatic rings. The van der Waals surface area contributed by atoms with E-state index in [-0.39, 0.29) is 54.7 Å². The highest BCUT2D eigenvalue weighted by Gasteiger charge is 2.32. The zero-order chi connectivity index (χ0) is 28.7. The first kappa shape index (κ1) is 29.4. The second-order valence-electron chi connectivity index (χ2n) is 9.52. The third kappa shape index (κ3) is 7.14. The maximum Gasteiger partial charge on any atom is 0.243 e. The maximum atomic E-state index is 13.9. The van der Waals surface area contributed by atoms with Crippen molar-refractivity contribution in [1.29, 1.82) is 0 Å². The summed E-state index contributed by atoms with van der Waals surface area (Å²) in [6, 6.07) is 7.43. The lowest BCUT2D eigenvalue weighted by Crippen LogP contribution is -2.49. The molecular formula is C27H34N6O5S2. The number of imidazole rings is 1.